The molecule has 0 saturated heterocycles. The Labute approximate surface area is 145 Å². The zero-order valence-electron chi connectivity index (χ0n) is 13.1. The Bertz CT molecular complexity index is 853. The van der Waals surface area contributed by atoms with Crippen molar-refractivity contribution in [1.29, 1.82) is 0 Å². The minimum atomic E-state index is -0.842. The predicted molar refractivity (Wildman–Crippen MR) is 85.4 cm³/mol. The number of non-ortho nitro benzene ring substituents is 1. The van der Waals surface area contributed by atoms with Crippen LogP contribution in [0.5, 0.6) is 0 Å². The number of halogens is 1. The molecule has 134 valence electrons. The molecular weight excluding hydrogens is 349 g/mol. The fraction of sp³-hybridized carbons (Fsp3) is 0.0625. The number of nitrogens with one attached hydrogen (secondary N) is 2. The number of benzene rings is 2. The Kier molecular flexibility index (Phi) is 5.93. The van der Waals surface area contributed by atoms with E-state index < -0.39 is 35.1 Å². The first-order valence-electron chi connectivity index (χ1n) is 7.13. The fourth-order valence-electron chi connectivity index (χ4n) is 1.80. The molecular formula is C16H12FN3O6. The van der Waals surface area contributed by atoms with Crippen molar-refractivity contribution in [3.63, 3.8) is 0 Å². The highest BCUT2D eigenvalue weighted by atomic mass is 19.1. The minimum absolute atomic E-state index is 0.0391. The average molecular weight is 361 g/mol. The second-order valence-electron chi connectivity index (χ2n) is 4.89. The molecule has 0 fully saturated rings. The molecule has 0 unspecified atom stereocenters. The predicted octanol–water partition coefficient (Wildman–Crippen LogP) is 1.35. The van der Waals surface area contributed by atoms with Crippen LogP contribution in [0.3, 0.4) is 0 Å². The van der Waals surface area contributed by atoms with E-state index in [-0.39, 0.29) is 16.8 Å². The van der Waals surface area contributed by atoms with Gasteiger partial charge in [-0.2, -0.15) is 0 Å². The van der Waals surface area contributed by atoms with Crippen molar-refractivity contribution in [2.45, 2.75) is 0 Å². The molecule has 0 aliphatic carbocycles. The molecule has 0 spiro atoms. The van der Waals surface area contributed by atoms with E-state index in [4.69, 9.17) is 4.74 Å². The van der Waals surface area contributed by atoms with E-state index in [1.54, 1.807) is 0 Å². The number of rotatable bonds is 5. The summed E-state index contributed by atoms with van der Waals surface area (Å²) in [6.07, 6.45) is 0. The third-order valence-corrected chi connectivity index (χ3v) is 3.05. The van der Waals surface area contributed by atoms with Crippen LogP contribution >= 0.6 is 0 Å². The molecule has 2 rings (SSSR count). The van der Waals surface area contributed by atoms with Gasteiger partial charge < -0.3 is 4.74 Å². The number of nitro benzene ring substituents is 1. The molecule has 10 heteroatoms. The maximum absolute atomic E-state index is 12.8. The summed E-state index contributed by atoms with van der Waals surface area (Å²) < 4.78 is 17.5. The summed E-state index contributed by atoms with van der Waals surface area (Å²) in [5, 5.41) is 10.7. The Morgan fingerprint density at radius 1 is 1.04 bits per heavy atom. The van der Waals surface area contributed by atoms with Gasteiger partial charge in [0, 0.05) is 17.7 Å². The van der Waals surface area contributed by atoms with Gasteiger partial charge in [0.15, 0.2) is 6.61 Å². The molecule has 0 bridgehead atoms. The maximum atomic E-state index is 12.8. The molecule has 0 aliphatic heterocycles. The summed E-state index contributed by atoms with van der Waals surface area (Å²) >= 11 is 0. The molecule has 2 aromatic carbocycles. The van der Waals surface area contributed by atoms with Crippen molar-refractivity contribution >= 4 is 23.5 Å². The standard InChI is InChI=1S/C16H12FN3O6/c17-12-6-4-10(5-7-12)16(23)26-9-14(21)18-19-15(22)11-2-1-3-13(8-11)20(24)25/h1-8H,9H2,(H,18,21)(H,19,22). The lowest BCUT2D eigenvalue weighted by Crippen LogP contribution is -2.43. The third-order valence-electron chi connectivity index (χ3n) is 3.05. The summed E-state index contributed by atoms with van der Waals surface area (Å²) in [6.45, 7) is -0.689. The van der Waals surface area contributed by atoms with Crippen molar-refractivity contribution in [3.05, 3.63) is 75.6 Å². The van der Waals surface area contributed by atoms with Gasteiger partial charge >= 0.3 is 5.97 Å². The quantitative estimate of drug-likeness (QED) is 0.470. The van der Waals surface area contributed by atoms with Gasteiger partial charge in [0.2, 0.25) is 0 Å². The van der Waals surface area contributed by atoms with Crippen LogP contribution in [-0.4, -0.2) is 29.3 Å². The van der Waals surface area contributed by atoms with Crippen LogP contribution in [0.25, 0.3) is 0 Å². The molecule has 0 radical (unpaired) electrons. The highest BCUT2D eigenvalue weighted by molar-refractivity contribution is 5.96. The maximum Gasteiger partial charge on any atom is 0.338 e. The number of nitrogens with zero attached hydrogens (tertiary/aromatic N) is 1. The number of ether oxygens (including phenoxy) is 1. The number of esters is 1. The van der Waals surface area contributed by atoms with Crippen molar-refractivity contribution in [3.8, 4) is 0 Å². The zero-order chi connectivity index (χ0) is 19.1. The van der Waals surface area contributed by atoms with Crippen molar-refractivity contribution in [1.82, 2.24) is 10.9 Å². The van der Waals surface area contributed by atoms with Crippen molar-refractivity contribution < 1.29 is 28.4 Å². The van der Waals surface area contributed by atoms with E-state index in [2.05, 4.69) is 0 Å². The van der Waals surface area contributed by atoms with Gasteiger partial charge in [-0.25, -0.2) is 9.18 Å². The van der Waals surface area contributed by atoms with Crippen molar-refractivity contribution in [2.75, 3.05) is 6.61 Å². The lowest BCUT2D eigenvalue weighted by atomic mass is 10.2. The summed E-state index contributed by atoms with van der Waals surface area (Å²) in [5.74, 6) is -2.99. The highest BCUT2D eigenvalue weighted by Crippen LogP contribution is 2.12. The molecule has 0 aromatic heterocycles. The molecule has 2 amide bonds. The van der Waals surface area contributed by atoms with Crippen LogP contribution in [0, 0.1) is 15.9 Å². The van der Waals surface area contributed by atoms with E-state index in [1.807, 2.05) is 10.9 Å². The Hall–Kier alpha value is -3.82. The van der Waals surface area contributed by atoms with Gasteiger partial charge in [-0.15, -0.1) is 0 Å². The Balaban J connectivity index is 1.82. The lowest BCUT2D eigenvalue weighted by molar-refractivity contribution is -0.384. The van der Waals surface area contributed by atoms with Gasteiger partial charge in [0.05, 0.1) is 10.5 Å². The smallest absolute Gasteiger partial charge is 0.338 e. The first-order valence-corrected chi connectivity index (χ1v) is 7.13. The summed E-state index contributed by atoms with van der Waals surface area (Å²) in [5.41, 5.74) is 3.77. The molecule has 2 N–H and O–H groups in total. The minimum Gasteiger partial charge on any atom is -0.452 e. The summed E-state index contributed by atoms with van der Waals surface area (Å²) in [7, 11) is 0. The fourth-order valence-corrected chi connectivity index (χ4v) is 1.80. The van der Waals surface area contributed by atoms with Gasteiger partial charge in [-0.3, -0.25) is 30.6 Å². The number of carbonyl (C=O) groups is 3. The monoisotopic (exact) mass is 361 g/mol. The van der Waals surface area contributed by atoms with Gasteiger partial charge in [-0.05, 0) is 30.3 Å². The molecule has 9 nitrogen and oxygen atoms in total. The molecule has 0 saturated carbocycles. The molecule has 26 heavy (non-hydrogen) atoms. The van der Waals surface area contributed by atoms with Gasteiger partial charge in [-0.1, -0.05) is 6.07 Å². The van der Waals surface area contributed by atoms with Crippen LogP contribution in [0.1, 0.15) is 20.7 Å². The van der Waals surface area contributed by atoms with Crippen LogP contribution in [0.15, 0.2) is 48.5 Å². The van der Waals surface area contributed by atoms with E-state index in [9.17, 15) is 28.9 Å². The number of carbonyl (C=O) groups excluding carboxylic acids is 3. The van der Waals surface area contributed by atoms with Crippen LogP contribution < -0.4 is 10.9 Å². The van der Waals surface area contributed by atoms with E-state index in [1.165, 1.54) is 30.3 Å². The zero-order valence-corrected chi connectivity index (χ0v) is 13.1. The Morgan fingerprint density at radius 3 is 2.38 bits per heavy atom. The second-order valence-corrected chi connectivity index (χ2v) is 4.89. The summed E-state index contributed by atoms with van der Waals surface area (Å²) in [4.78, 5) is 45.0. The molecule has 0 aliphatic rings. The Morgan fingerprint density at radius 2 is 1.73 bits per heavy atom. The lowest BCUT2D eigenvalue weighted by Gasteiger charge is -2.08. The first-order chi connectivity index (χ1) is 12.4. The van der Waals surface area contributed by atoms with Gasteiger partial charge in [0.25, 0.3) is 17.5 Å². The van der Waals surface area contributed by atoms with E-state index in [0.717, 1.165) is 18.2 Å². The van der Waals surface area contributed by atoms with Crippen molar-refractivity contribution in [2.24, 2.45) is 0 Å². The van der Waals surface area contributed by atoms with Crippen LogP contribution in [0.4, 0.5) is 10.1 Å². The molecule has 0 atom stereocenters. The highest BCUT2D eigenvalue weighted by Gasteiger charge is 2.13. The average Bonchev–Trinajstić information content (AvgIpc) is 2.64. The number of nitro groups is 1. The number of hydrogen-bond donors (Lipinski definition) is 2. The second kappa shape index (κ2) is 8.33. The van der Waals surface area contributed by atoms with Gasteiger partial charge in [0.1, 0.15) is 5.82 Å². The summed E-state index contributed by atoms with van der Waals surface area (Å²) in [6, 6.07) is 9.41. The molecule has 2 aromatic rings. The van der Waals surface area contributed by atoms with Crippen LogP contribution in [0.2, 0.25) is 0 Å². The third kappa shape index (κ3) is 5.09. The van der Waals surface area contributed by atoms with Crippen LogP contribution in [-0.2, 0) is 9.53 Å². The SMILES string of the molecule is O=C(COC(=O)c1ccc(F)cc1)NNC(=O)c1cccc([N+](=O)[O-])c1. The van der Waals surface area contributed by atoms with E-state index in [0.29, 0.717) is 0 Å². The topological polar surface area (TPSA) is 128 Å². The largest absolute Gasteiger partial charge is 0.452 e. The number of hydrazine groups is 1. The number of hydrogen-bond acceptors (Lipinski definition) is 6. The normalized spacial score (nSPS) is 9.88. The number of amides is 2. The first kappa shape index (κ1) is 18.5. The molecule has 0 heterocycles. The van der Waals surface area contributed by atoms with E-state index >= 15 is 0 Å².